The molecule has 0 saturated heterocycles. The van der Waals surface area contributed by atoms with Gasteiger partial charge < -0.3 is 5.73 Å². The summed E-state index contributed by atoms with van der Waals surface area (Å²) in [6.07, 6.45) is -4.91. The van der Waals surface area contributed by atoms with E-state index in [0.717, 1.165) is 5.56 Å². The summed E-state index contributed by atoms with van der Waals surface area (Å²) >= 11 is 0. The first-order chi connectivity index (χ1) is 8.29. The average Bonchev–Trinajstić information content (AvgIpc) is 2.24. The van der Waals surface area contributed by atoms with E-state index in [1.807, 2.05) is 32.0 Å². The minimum absolute atomic E-state index is 0.00446. The van der Waals surface area contributed by atoms with Gasteiger partial charge in [-0.25, -0.2) is 0 Å². The van der Waals surface area contributed by atoms with E-state index in [9.17, 15) is 13.2 Å². The molecule has 2 nitrogen and oxygen atoms in total. The lowest BCUT2D eigenvalue weighted by molar-refractivity contribution is -0.139. The predicted octanol–water partition coefficient (Wildman–Crippen LogP) is 3.43. The third kappa shape index (κ3) is 4.96. The molecule has 0 aromatic heterocycles. The van der Waals surface area contributed by atoms with Crippen LogP contribution in [0.2, 0.25) is 0 Å². The number of alkyl halides is 3. The summed E-state index contributed by atoms with van der Waals surface area (Å²) in [5.74, 6) is 0. The van der Waals surface area contributed by atoms with Crippen molar-refractivity contribution in [1.29, 1.82) is 0 Å². The van der Waals surface area contributed by atoms with Crippen molar-refractivity contribution in [2.75, 3.05) is 12.3 Å². The molecule has 0 bridgehead atoms. The number of nitrogens with zero attached hydrogens (tertiary/aromatic N) is 1. The van der Waals surface area contributed by atoms with Crippen LogP contribution in [-0.2, 0) is 6.54 Å². The molecule has 0 saturated carbocycles. The molecule has 0 fully saturated rings. The fourth-order valence-electron chi connectivity index (χ4n) is 1.69. The second-order valence-electron chi connectivity index (χ2n) is 4.63. The van der Waals surface area contributed by atoms with Gasteiger partial charge in [-0.05, 0) is 25.5 Å². The Hall–Kier alpha value is -1.23. The van der Waals surface area contributed by atoms with Gasteiger partial charge in [0, 0.05) is 24.8 Å². The van der Waals surface area contributed by atoms with Crippen molar-refractivity contribution >= 4 is 5.69 Å². The van der Waals surface area contributed by atoms with Crippen LogP contribution in [0.25, 0.3) is 0 Å². The average molecular weight is 260 g/mol. The maximum absolute atomic E-state index is 12.2. The van der Waals surface area contributed by atoms with Crippen LogP contribution in [0, 0.1) is 0 Å². The van der Waals surface area contributed by atoms with Gasteiger partial charge in [-0.1, -0.05) is 18.2 Å². The lowest BCUT2D eigenvalue weighted by Gasteiger charge is -2.27. The van der Waals surface area contributed by atoms with Gasteiger partial charge >= 0.3 is 6.18 Å². The summed E-state index contributed by atoms with van der Waals surface area (Å²) in [4.78, 5) is 1.78. The van der Waals surface area contributed by atoms with Crippen molar-refractivity contribution in [3.05, 3.63) is 29.8 Å². The van der Waals surface area contributed by atoms with E-state index in [1.165, 1.54) is 0 Å². The molecule has 1 aromatic rings. The number of hydrogen-bond acceptors (Lipinski definition) is 2. The highest BCUT2D eigenvalue weighted by Gasteiger charge is 2.28. The minimum Gasteiger partial charge on any atom is -0.398 e. The molecule has 0 amide bonds. The molecule has 0 unspecified atom stereocenters. The van der Waals surface area contributed by atoms with Crippen molar-refractivity contribution in [2.24, 2.45) is 0 Å². The zero-order valence-electron chi connectivity index (χ0n) is 10.7. The van der Waals surface area contributed by atoms with Crippen molar-refractivity contribution in [3.8, 4) is 0 Å². The van der Waals surface area contributed by atoms with Gasteiger partial charge in [0.25, 0.3) is 0 Å². The van der Waals surface area contributed by atoms with Gasteiger partial charge in [-0.3, -0.25) is 4.90 Å². The van der Waals surface area contributed by atoms with E-state index in [-0.39, 0.29) is 12.6 Å². The zero-order chi connectivity index (χ0) is 13.8. The lowest BCUT2D eigenvalue weighted by Crippen LogP contribution is -2.33. The third-order valence-electron chi connectivity index (χ3n) is 2.84. The molecule has 0 spiro atoms. The van der Waals surface area contributed by atoms with E-state index in [1.54, 1.807) is 11.0 Å². The molecular weight excluding hydrogens is 241 g/mol. The van der Waals surface area contributed by atoms with E-state index in [4.69, 9.17) is 5.73 Å². The van der Waals surface area contributed by atoms with Gasteiger partial charge in [0.05, 0.1) is 6.42 Å². The van der Waals surface area contributed by atoms with Gasteiger partial charge in [0.1, 0.15) is 0 Å². The zero-order valence-corrected chi connectivity index (χ0v) is 10.7. The Balaban J connectivity index is 2.67. The maximum Gasteiger partial charge on any atom is 0.390 e. The minimum atomic E-state index is -4.12. The fourth-order valence-corrected chi connectivity index (χ4v) is 1.69. The molecule has 0 aliphatic heterocycles. The summed E-state index contributed by atoms with van der Waals surface area (Å²) in [6, 6.07) is 7.31. The Bertz CT molecular complexity index is 375. The van der Waals surface area contributed by atoms with Crippen LogP contribution in [-0.4, -0.2) is 23.7 Å². The van der Waals surface area contributed by atoms with Gasteiger partial charge in [0.15, 0.2) is 0 Å². The topological polar surface area (TPSA) is 29.3 Å². The molecule has 0 aliphatic carbocycles. The molecule has 0 atom stereocenters. The maximum atomic E-state index is 12.2. The Morgan fingerprint density at radius 1 is 1.22 bits per heavy atom. The van der Waals surface area contributed by atoms with Gasteiger partial charge in [0.2, 0.25) is 0 Å². The number of halogens is 3. The summed E-state index contributed by atoms with van der Waals surface area (Å²) in [5, 5.41) is 0. The molecule has 5 heteroatoms. The Kier molecular flexibility index (Phi) is 5.02. The van der Waals surface area contributed by atoms with Crippen LogP contribution in [0.4, 0.5) is 18.9 Å². The van der Waals surface area contributed by atoms with E-state index in [2.05, 4.69) is 0 Å². The third-order valence-corrected chi connectivity index (χ3v) is 2.84. The van der Waals surface area contributed by atoms with Crippen molar-refractivity contribution in [3.63, 3.8) is 0 Å². The molecule has 0 aliphatic rings. The Morgan fingerprint density at radius 3 is 2.33 bits per heavy atom. The molecule has 1 rings (SSSR count). The molecule has 102 valence electrons. The number of rotatable bonds is 5. The molecule has 2 N–H and O–H groups in total. The van der Waals surface area contributed by atoms with E-state index < -0.39 is 12.6 Å². The summed E-state index contributed by atoms with van der Waals surface area (Å²) in [7, 11) is 0. The predicted molar refractivity (Wildman–Crippen MR) is 67.1 cm³/mol. The molecule has 18 heavy (non-hydrogen) atoms. The van der Waals surface area contributed by atoms with Crippen LogP contribution in [0.3, 0.4) is 0 Å². The highest BCUT2D eigenvalue weighted by molar-refractivity contribution is 5.46. The first kappa shape index (κ1) is 14.8. The number of anilines is 1. The monoisotopic (exact) mass is 260 g/mol. The van der Waals surface area contributed by atoms with Crippen molar-refractivity contribution < 1.29 is 13.2 Å². The van der Waals surface area contributed by atoms with Crippen molar-refractivity contribution in [2.45, 2.75) is 39.0 Å². The Morgan fingerprint density at radius 2 is 1.83 bits per heavy atom. The number of para-hydroxylation sites is 1. The molecule has 0 heterocycles. The second-order valence-corrected chi connectivity index (χ2v) is 4.63. The second kappa shape index (κ2) is 6.09. The van der Waals surface area contributed by atoms with Crippen LogP contribution < -0.4 is 5.73 Å². The number of benzene rings is 1. The first-order valence-corrected chi connectivity index (χ1v) is 5.94. The van der Waals surface area contributed by atoms with E-state index >= 15 is 0 Å². The fraction of sp³-hybridized carbons (Fsp3) is 0.538. The number of hydrogen-bond donors (Lipinski definition) is 1. The summed E-state index contributed by atoms with van der Waals surface area (Å²) < 4.78 is 36.7. The number of nitrogen functional groups attached to an aromatic ring is 1. The van der Waals surface area contributed by atoms with Gasteiger partial charge in [-0.15, -0.1) is 0 Å². The molecule has 1 aromatic carbocycles. The van der Waals surface area contributed by atoms with Crippen LogP contribution in [0.15, 0.2) is 24.3 Å². The van der Waals surface area contributed by atoms with Crippen LogP contribution >= 0.6 is 0 Å². The normalized spacial score (nSPS) is 12.4. The highest BCUT2D eigenvalue weighted by atomic mass is 19.4. The van der Waals surface area contributed by atoms with Gasteiger partial charge in [-0.2, -0.15) is 13.2 Å². The van der Waals surface area contributed by atoms with E-state index in [0.29, 0.717) is 12.2 Å². The number of nitrogens with two attached hydrogens (primary N) is 1. The highest BCUT2D eigenvalue weighted by Crippen LogP contribution is 2.22. The first-order valence-electron chi connectivity index (χ1n) is 5.94. The standard InChI is InChI=1S/C13H19F3N2/c1-10(2)18(8-7-13(14,15)16)9-11-5-3-4-6-12(11)17/h3-6,10H,7-9,17H2,1-2H3. The SMILES string of the molecule is CC(C)N(CCC(F)(F)F)Cc1ccccc1N. The smallest absolute Gasteiger partial charge is 0.390 e. The quantitative estimate of drug-likeness (QED) is 0.822. The van der Waals surface area contributed by atoms with Crippen LogP contribution in [0.1, 0.15) is 25.8 Å². The van der Waals surface area contributed by atoms with Crippen LogP contribution in [0.5, 0.6) is 0 Å². The molecular formula is C13H19F3N2. The summed E-state index contributed by atoms with van der Waals surface area (Å²) in [5.41, 5.74) is 7.29. The molecule has 0 radical (unpaired) electrons. The van der Waals surface area contributed by atoms with Crippen molar-refractivity contribution in [1.82, 2.24) is 4.90 Å². The lowest BCUT2D eigenvalue weighted by atomic mass is 10.1. The Labute approximate surface area is 106 Å². The summed E-state index contributed by atoms with van der Waals surface area (Å²) in [6.45, 7) is 4.21. The largest absolute Gasteiger partial charge is 0.398 e.